The summed E-state index contributed by atoms with van der Waals surface area (Å²) in [6.45, 7) is 7.14. The fourth-order valence-electron chi connectivity index (χ4n) is 2.41. The van der Waals surface area contributed by atoms with E-state index in [4.69, 9.17) is 9.47 Å². The molecule has 0 spiro atoms. The van der Waals surface area contributed by atoms with Crippen LogP contribution in [0.15, 0.2) is 46.9 Å². The van der Waals surface area contributed by atoms with Crippen molar-refractivity contribution in [2.45, 2.75) is 33.2 Å². The van der Waals surface area contributed by atoms with Gasteiger partial charge in [0.2, 0.25) is 0 Å². The number of hydrogen-bond acceptors (Lipinski definition) is 3. The van der Waals surface area contributed by atoms with Gasteiger partial charge in [0, 0.05) is 11.0 Å². The van der Waals surface area contributed by atoms with E-state index in [2.05, 4.69) is 58.5 Å². The third-order valence-electron chi connectivity index (χ3n) is 3.62. The second-order valence-electron chi connectivity index (χ2n) is 5.58. The minimum atomic E-state index is 0.630. The first-order valence-electron chi connectivity index (χ1n) is 8.57. The summed E-state index contributed by atoms with van der Waals surface area (Å²) in [7, 11) is 0. The molecule has 0 saturated heterocycles. The molecule has 0 unspecified atom stereocenters. The molecule has 130 valence electrons. The normalized spacial score (nSPS) is 10.6. The summed E-state index contributed by atoms with van der Waals surface area (Å²) >= 11 is 3.65. The molecule has 0 atom stereocenters. The van der Waals surface area contributed by atoms with Crippen LogP contribution in [-0.2, 0) is 13.0 Å². The van der Waals surface area contributed by atoms with Crippen LogP contribution in [0.25, 0.3) is 0 Å². The molecule has 24 heavy (non-hydrogen) atoms. The van der Waals surface area contributed by atoms with Crippen LogP contribution in [0.1, 0.15) is 31.4 Å². The topological polar surface area (TPSA) is 30.5 Å². The van der Waals surface area contributed by atoms with Crippen molar-refractivity contribution >= 4 is 15.9 Å². The van der Waals surface area contributed by atoms with Crippen molar-refractivity contribution in [3.05, 3.63) is 58.1 Å². The fraction of sp³-hybridized carbons (Fsp3) is 0.400. The quantitative estimate of drug-likeness (QED) is 0.579. The Kier molecular flexibility index (Phi) is 8.13. The van der Waals surface area contributed by atoms with Gasteiger partial charge in [-0.15, -0.1) is 0 Å². The van der Waals surface area contributed by atoms with Gasteiger partial charge in [0.25, 0.3) is 0 Å². The van der Waals surface area contributed by atoms with Crippen molar-refractivity contribution in [2.75, 3.05) is 19.8 Å². The van der Waals surface area contributed by atoms with Gasteiger partial charge in [0.1, 0.15) is 0 Å². The van der Waals surface area contributed by atoms with E-state index in [1.165, 1.54) is 11.1 Å². The highest BCUT2D eigenvalue weighted by Crippen LogP contribution is 2.34. The fourth-order valence-corrected chi connectivity index (χ4v) is 2.87. The summed E-state index contributed by atoms with van der Waals surface area (Å²) in [5.41, 5.74) is 2.53. The minimum Gasteiger partial charge on any atom is -0.490 e. The Morgan fingerprint density at radius 1 is 1.00 bits per heavy atom. The zero-order valence-corrected chi connectivity index (χ0v) is 16.1. The maximum Gasteiger partial charge on any atom is 0.162 e. The second kappa shape index (κ2) is 10.4. The summed E-state index contributed by atoms with van der Waals surface area (Å²) in [5, 5.41) is 3.50. The zero-order valence-electron chi connectivity index (χ0n) is 14.5. The van der Waals surface area contributed by atoms with Crippen molar-refractivity contribution in [1.29, 1.82) is 0 Å². The molecule has 2 rings (SSSR count). The van der Waals surface area contributed by atoms with Crippen LogP contribution in [0, 0.1) is 0 Å². The van der Waals surface area contributed by atoms with Crippen molar-refractivity contribution in [3.8, 4) is 11.5 Å². The van der Waals surface area contributed by atoms with E-state index in [1.807, 2.05) is 19.1 Å². The van der Waals surface area contributed by atoms with Gasteiger partial charge in [-0.3, -0.25) is 0 Å². The smallest absolute Gasteiger partial charge is 0.162 e. The van der Waals surface area contributed by atoms with Gasteiger partial charge in [-0.2, -0.15) is 0 Å². The molecule has 0 heterocycles. The molecule has 0 saturated carbocycles. The standard InChI is InChI=1S/C20H26BrNO2/c1-3-12-24-20-14-18(21)17(13-19(20)23-4-2)15-22-11-10-16-8-6-5-7-9-16/h5-9,13-14,22H,3-4,10-12,15H2,1-2H3. The lowest BCUT2D eigenvalue weighted by Gasteiger charge is -2.15. The second-order valence-corrected chi connectivity index (χ2v) is 6.44. The lowest BCUT2D eigenvalue weighted by atomic mass is 10.1. The van der Waals surface area contributed by atoms with Crippen LogP contribution in [0.4, 0.5) is 0 Å². The zero-order chi connectivity index (χ0) is 17.2. The van der Waals surface area contributed by atoms with E-state index in [9.17, 15) is 0 Å². The predicted molar refractivity (Wildman–Crippen MR) is 103 cm³/mol. The molecule has 4 heteroatoms. The molecule has 0 aliphatic carbocycles. The van der Waals surface area contributed by atoms with E-state index in [-0.39, 0.29) is 0 Å². The molecule has 0 radical (unpaired) electrons. The molecular weight excluding hydrogens is 366 g/mol. The summed E-state index contributed by atoms with van der Waals surface area (Å²) in [6, 6.07) is 14.6. The molecule has 0 bridgehead atoms. The number of nitrogens with one attached hydrogen (secondary N) is 1. The third kappa shape index (κ3) is 5.84. The highest BCUT2D eigenvalue weighted by Gasteiger charge is 2.10. The lowest BCUT2D eigenvalue weighted by Crippen LogP contribution is -2.17. The third-order valence-corrected chi connectivity index (χ3v) is 4.36. The van der Waals surface area contributed by atoms with Crippen molar-refractivity contribution in [3.63, 3.8) is 0 Å². The SMILES string of the molecule is CCCOc1cc(Br)c(CNCCc2ccccc2)cc1OCC. The van der Waals surface area contributed by atoms with Gasteiger partial charge in [-0.1, -0.05) is 53.2 Å². The average Bonchev–Trinajstić information content (AvgIpc) is 2.60. The van der Waals surface area contributed by atoms with Crippen LogP contribution in [0.2, 0.25) is 0 Å². The first kappa shape index (κ1) is 18.8. The monoisotopic (exact) mass is 391 g/mol. The van der Waals surface area contributed by atoms with Gasteiger partial charge in [-0.05, 0) is 49.6 Å². The Bertz CT molecular complexity index is 617. The highest BCUT2D eigenvalue weighted by atomic mass is 79.9. The number of benzene rings is 2. The van der Waals surface area contributed by atoms with Crippen LogP contribution in [0.3, 0.4) is 0 Å². The summed E-state index contributed by atoms with van der Waals surface area (Å²) in [4.78, 5) is 0. The molecule has 0 aromatic heterocycles. The van der Waals surface area contributed by atoms with E-state index in [0.717, 1.165) is 41.9 Å². The molecule has 1 N–H and O–H groups in total. The number of halogens is 1. The highest BCUT2D eigenvalue weighted by molar-refractivity contribution is 9.10. The van der Waals surface area contributed by atoms with E-state index >= 15 is 0 Å². The lowest BCUT2D eigenvalue weighted by molar-refractivity contribution is 0.276. The molecule has 0 aliphatic heterocycles. The van der Waals surface area contributed by atoms with Crippen LogP contribution < -0.4 is 14.8 Å². The molecule has 2 aromatic rings. The Labute approximate surface area is 153 Å². The van der Waals surface area contributed by atoms with Crippen molar-refractivity contribution < 1.29 is 9.47 Å². The van der Waals surface area contributed by atoms with Crippen molar-refractivity contribution in [2.24, 2.45) is 0 Å². The summed E-state index contributed by atoms with van der Waals surface area (Å²) < 4.78 is 12.6. The van der Waals surface area contributed by atoms with Gasteiger partial charge in [0.15, 0.2) is 11.5 Å². The Morgan fingerprint density at radius 3 is 2.46 bits per heavy atom. The number of rotatable bonds is 10. The minimum absolute atomic E-state index is 0.630. The van der Waals surface area contributed by atoms with E-state index in [0.29, 0.717) is 13.2 Å². The van der Waals surface area contributed by atoms with Crippen molar-refractivity contribution in [1.82, 2.24) is 5.32 Å². The van der Waals surface area contributed by atoms with Gasteiger partial charge < -0.3 is 14.8 Å². The molecule has 0 fully saturated rings. The summed E-state index contributed by atoms with van der Waals surface area (Å²) in [5.74, 6) is 1.62. The van der Waals surface area contributed by atoms with Gasteiger partial charge in [-0.25, -0.2) is 0 Å². The first-order valence-corrected chi connectivity index (χ1v) is 9.36. The Balaban J connectivity index is 1.94. The first-order chi connectivity index (χ1) is 11.7. The molecular formula is C20H26BrNO2. The Hall–Kier alpha value is -1.52. The van der Waals surface area contributed by atoms with E-state index in [1.54, 1.807) is 0 Å². The van der Waals surface area contributed by atoms with Crippen LogP contribution in [-0.4, -0.2) is 19.8 Å². The van der Waals surface area contributed by atoms with E-state index < -0.39 is 0 Å². The number of hydrogen-bond donors (Lipinski definition) is 1. The number of ether oxygens (including phenoxy) is 2. The molecule has 0 aliphatic rings. The maximum absolute atomic E-state index is 5.78. The van der Waals surface area contributed by atoms with Crippen LogP contribution >= 0.6 is 15.9 Å². The molecule has 0 amide bonds. The molecule has 3 nitrogen and oxygen atoms in total. The van der Waals surface area contributed by atoms with Gasteiger partial charge >= 0.3 is 0 Å². The predicted octanol–water partition coefficient (Wildman–Crippen LogP) is 4.97. The maximum atomic E-state index is 5.78. The van der Waals surface area contributed by atoms with Gasteiger partial charge in [0.05, 0.1) is 13.2 Å². The Morgan fingerprint density at radius 2 is 1.75 bits per heavy atom. The largest absolute Gasteiger partial charge is 0.490 e. The molecule has 2 aromatic carbocycles. The summed E-state index contributed by atoms with van der Waals surface area (Å²) in [6.07, 6.45) is 2.00. The van der Waals surface area contributed by atoms with Crippen LogP contribution in [0.5, 0.6) is 11.5 Å². The average molecular weight is 392 g/mol.